The number of rotatable bonds is 5. The Balaban J connectivity index is 2.46. The van der Waals surface area contributed by atoms with Gasteiger partial charge in [-0.1, -0.05) is 66.3 Å². The normalized spacial score (nSPS) is 12.4. The van der Waals surface area contributed by atoms with Gasteiger partial charge >= 0.3 is 0 Å². The fraction of sp³-hybridized carbons (Fsp3) is 0.375. The molecule has 2 rings (SSSR count). The zero-order valence-electron chi connectivity index (χ0n) is 17.3. The maximum Gasteiger partial charge on any atom is 0.128 e. The van der Waals surface area contributed by atoms with Gasteiger partial charge in [0, 0.05) is 23.4 Å². The summed E-state index contributed by atoms with van der Waals surface area (Å²) in [6.45, 7) is 17.0. The minimum atomic E-state index is -0.160. The Morgan fingerprint density at radius 2 is 1.74 bits per heavy atom. The van der Waals surface area contributed by atoms with Crippen LogP contribution in [0.1, 0.15) is 58.2 Å². The third kappa shape index (κ3) is 5.46. The zero-order valence-corrected chi connectivity index (χ0v) is 17.3. The number of ether oxygens (including phenoxy) is 1. The molecule has 0 spiro atoms. The molecule has 2 aromatic carbocycles. The molecular weight excluding hydrogens is 334 g/mol. The van der Waals surface area contributed by atoms with E-state index in [-0.39, 0.29) is 10.8 Å². The number of benzene rings is 2. The van der Waals surface area contributed by atoms with Gasteiger partial charge in [-0.2, -0.15) is 0 Å². The monoisotopic (exact) mass is 365 g/mol. The van der Waals surface area contributed by atoms with E-state index in [0.717, 1.165) is 22.6 Å². The largest absolute Gasteiger partial charge is 0.507 e. The highest BCUT2D eigenvalue weighted by atomic mass is 16.5. The maximum absolute atomic E-state index is 10.8. The van der Waals surface area contributed by atoms with Crippen molar-refractivity contribution in [1.82, 2.24) is 0 Å². The molecule has 0 radical (unpaired) electrons. The Bertz CT molecular complexity index is 836. The van der Waals surface area contributed by atoms with Crippen molar-refractivity contribution in [1.29, 1.82) is 0 Å². The third-order valence-corrected chi connectivity index (χ3v) is 4.35. The molecule has 3 nitrogen and oxygen atoms in total. The van der Waals surface area contributed by atoms with Crippen molar-refractivity contribution in [3.05, 3.63) is 65.7 Å². The van der Waals surface area contributed by atoms with Crippen molar-refractivity contribution in [2.45, 2.75) is 52.4 Å². The first-order valence-corrected chi connectivity index (χ1v) is 9.28. The first-order chi connectivity index (χ1) is 12.5. The topological polar surface area (TPSA) is 41.8 Å². The second-order valence-electron chi connectivity index (χ2n) is 8.82. The molecule has 0 aromatic heterocycles. The molecule has 0 saturated heterocycles. The van der Waals surface area contributed by atoms with E-state index in [0.29, 0.717) is 12.4 Å². The standard InChI is InChI=1S/C24H31NO2/c1-8-12-27-20-11-9-10-19(15-20)25-16-17-13-18(23(2,3)4)14-21(22(17)26)24(5,6)7/h8-11,13-16,26H,1,12H2,2-7H3. The Morgan fingerprint density at radius 3 is 2.33 bits per heavy atom. The van der Waals surface area contributed by atoms with Gasteiger partial charge in [-0.25, -0.2) is 0 Å². The molecule has 0 bridgehead atoms. The second-order valence-corrected chi connectivity index (χ2v) is 8.82. The summed E-state index contributed by atoms with van der Waals surface area (Å²) in [5.41, 5.74) is 3.43. The molecule has 144 valence electrons. The zero-order chi connectivity index (χ0) is 20.2. The molecule has 0 aliphatic heterocycles. The minimum Gasteiger partial charge on any atom is -0.507 e. The summed E-state index contributed by atoms with van der Waals surface area (Å²) < 4.78 is 5.56. The summed E-state index contributed by atoms with van der Waals surface area (Å²) in [6, 6.07) is 11.7. The van der Waals surface area contributed by atoms with Crippen molar-refractivity contribution in [3.8, 4) is 11.5 Å². The van der Waals surface area contributed by atoms with E-state index >= 15 is 0 Å². The van der Waals surface area contributed by atoms with E-state index in [1.54, 1.807) is 12.3 Å². The van der Waals surface area contributed by atoms with E-state index < -0.39 is 0 Å². The highest BCUT2D eigenvalue weighted by Gasteiger charge is 2.24. The van der Waals surface area contributed by atoms with Gasteiger partial charge in [-0.05, 0) is 34.6 Å². The van der Waals surface area contributed by atoms with Gasteiger partial charge in [0.05, 0.1) is 5.69 Å². The summed E-state index contributed by atoms with van der Waals surface area (Å²) in [5.74, 6) is 1.03. The number of hydrogen-bond donors (Lipinski definition) is 1. The number of aliphatic imine (C=N–C) groups is 1. The molecule has 2 aromatic rings. The van der Waals surface area contributed by atoms with Crippen LogP contribution in [0.15, 0.2) is 54.0 Å². The van der Waals surface area contributed by atoms with E-state index in [2.05, 4.69) is 59.2 Å². The van der Waals surface area contributed by atoms with Crippen LogP contribution >= 0.6 is 0 Å². The quantitative estimate of drug-likeness (QED) is 0.499. The van der Waals surface area contributed by atoms with Crippen molar-refractivity contribution in [2.75, 3.05) is 6.61 Å². The molecule has 0 fully saturated rings. The smallest absolute Gasteiger partial charge is 0.128 e. The van der Waals surface area contributed by atoms with Crippen LogP contribution in [-0.4, -0.2) is 17.9 Å². The number of nitrogens with zero attached hydrogens (tertiary/aromatic N) is 1. The van der Waals surface area contributed by atoms with Crippen molar-refractivity contribution < 1.29 is 9.84 Å². The molecular formula is C24H31NO2. The lowest BCUT2D eigenvalue weighted by molar-refractivity contribution is 0.363. The SMILES string of the molecule is C=CCOc1cccc(N=Cc2cc(C(C)(C)C)cc(C(C)(C)C)c2O)c1. The summed E-state index contributed by atoms with van der Waals surface area (Å²) >= 11 is 0. The first kappa shape index (κ1) is 20.8. The Morgan fingerprint density at radius 1 is 1.04 bits per heavy atom. The van der Waals surface area contributed by atoms with Crippen LogP contribution in [0.5, 0.6) is 11.5 Å². The van der Waals surface area contributed by atoms with Gasteiger partial charge in [0.25, 0.3) is 0 Å². The fourth-order valence-electron chi connectivity index (χ4n) is 2.71. The van der Waals surface area contributed by atoms with Gasteiger partial charge in [0.15, 0.2) is 0 Å². The number of phenolic OH excluding ortho intramolecular Hbond substituents is 1. The fourth-order valence-corrected chi connectivity index (χ4v) is 2.71. The molecule has 1 N–H and O–H groups in total. The van der Waals surface area contributed by atoms with E-state index in [1.165, 1.54) is 5.56 Å². The average Bonchev–Trinajstić information content (AvgIpc) is 2.57. The molecule has 0 aliphatic carbocycles. The summed E-state index contributed by atoms with van der Waals surface area (Å²) in [7, 11) is 0. The molecule has 27 heavy (non-hydrogen) atoms. The lowest BCUT2D eigenvalue weighted by Crippen LogP contribution is -2.17. The van der Waals surface area contributed by atoms with Crippen LogP contribution in [0.4, 0.5) is 5.69 Å². The van der Waals surface area contributed by atoms with Crippen LogP contribution in [0.25, 0.3) is 0 Å². The van der Waals surface area contributed by atoms with Gasteiger partial charge in [0.1, 0.15) is 18.1 Å². The molecule has 0 amide bonds. The van der Waals surface area contributed by atoms with E-state index in [9.17, 15) is 5.11 Å². The summed E-state index contributed by atoms with van der Waals surface area (Å²) in [6.07, 6.45) is 3.44. The second kappa shape index (κ2) is 7.99. The molecule has 3 heteroatoms. The van der Waals surface area contributed by atoms with Crippen LogP contribution in [0.3, 0.4) is 0 Å². The van der Waals surface area contributed by atoms with Crippen LogP contribution < -0.4 is 4.74 Å². The van der Waals surface area contributed by atoms with Crippen molar-refractivity contribution in [3.63, 3.8) is 0 Å². The van der Waals surface area contributed by atoms with Crippen LogP contribution in [0.2, 0.25) is 0 Å². The lowest BCUT2D eigenvalue weighted by Gasteiger charge is -2.26. The molecule has 0 unspecified atom stereocenters. The van der Waals surface area contributed by atoms with Crippen LogP contribution in [-0.2, 0) is 10.8 Å². The van der Waals surface area contributed by atoms with Gasteiger partial charge in [0.2, 0.25) is 0 Å². The Hall–Kier alpha value is -2.55. The molecule has 0 saturated carbocycles. The minimum absolute atomic E-state index is 0.0191. The highest BCUT2D eigenvalue weighted by Crippen LogP contribution is 2.37. The summed E-state index contributed by atoms with van der Waals surface area (Å²) in [4.78, 5) is 4.56. The number of aromatic hydroxyl groups is 1. The first-order valence-electron chi connectivity index (χ1n) is 9.28. The Kier molecular flexibility index (Phi) is 6.15. The molecule has 0 atom stereocenters. The molecule has 0 heterocycles. The van der Waals surface area contributed by atoms with E-state index in [4.69, 9.17) is 4.74 Å². The van der Waals surface area contributed by atoms with Crippen LogP contribution in [0, 0.1) is 0 Å². The van der Waals surface area contributed by atoms with Gasteiger partial charge in [-0.15, -0.1) is 0 Å². The van der Waals surface area contributed by atoms with Crippen molar-refractivity contribution in [2.24, 2.45) is 4.99 Å². The highest BCUT2D eigenvalue weighted by molar-refractivity contribution is 5.86. The Labute approximate surface area is 163 Å². The lowest BCUT2D eigenvalue weighted by atomic mass is 9.79. The maximum atomic E-state index is 10.8. The summed E-state index contributed by atoms with van der Waals surface area (Å²) in [5, 5.41) is 10.8. The third-order valence-electron chi connectivity index (χ3n) is 4.35. The van der Waals surface area contributed by atoms with Gasteiger partial charge in [-0.3, -0.25) is 4.99 Å². The van der Waals surface area contributed by atoms with Gasteiger partial charge < -0.3 is 9.84 Å². The number of hydrogen-bond acceptors (Lipinski definition) is 3. The predicted molar refractivity (Wildman–Crippen MR) is 115 cm³/mol. The predicted octanol–water partition coefficient (Wildman–Crippen LogP) is 6.30. The number of phenols is 1. The van der Waals surface area contributed by atoms with E-state index in [1.807, 2.05) is 30.3 Å². The van der Waals surface area contributed by atoms with Crippen molar-refractivity contribution >= 4 is 11.9 Å². The molecule has 0 aliphatic rings. The average molecular weight is 366 g/mol.